The zero-order chi connectivity index (χ0) is 13.5. The fourth-order valence-electron chi connectivity index (χ4n) is 2.30. The summed E-state index contributed by atoms with van der Waals surface area (Å²) in [5.74, 6) is 1.73. The molecule has 0 aliphatic heterocycles. The fraction of sp³-hybridized carbons (Fsp3) is 0.143. The lowest BCUT2D eigenvalue weighted by atomic mass is 10.2. The number of nitrogens with one attached hydrogen (secondary N) is 2. The van der Waals surface area contributed by atoms with Gasteiger partial charge in [-0.3, -0.25) is 0 Å². The molecule has 0 aliphatic carbocycles. The van der Waals surface area contributed by atoms with Crippen LogP contribution in [0.2, 0.25) is 0 Å². The van der Waals surface area contributed by atoms with Crippen molar-refractivity contribution in [1.29, 1.82) is 0 Å². The van der Waals surface area contributed by atoms with E-state index in [0.717, 1.165) is 39.7 Å². The Bertz CT molecular complexity index is 871. The third-order valence-corrected chi connectivity index (χ3v) is 3.18. The molecule has 4 heterocycles. The molecule has 0 aromatic carbocycles. The Hall–Kier alpha value is -2.76. The first-order chi connectivity index (χ1) is 9.78. The standard InChI is InChI=1S/C14H12N6/c1-8-16-11-5-4-9(18-14(11)17-8)7-12-19-10-3-2-6-15-13(10)20-12/h2-6H,7H2,1H3,(H,15,19,20)(H,16,17,18). The molecule has 0 spiro atoms. The molecular weight excluding hydrogens is 252 g/mol. The number of imidazole rings is 2. The lowest BCUT2D eigenvalue weighted by Gasteiger charge is -1.96. The SMILES string of the molecule is Cc1nc2nc(Cc3nc4ncccc4[nH]3)ccc2[nH]1. The molecule has 0 atom stereocenters. The molecule has 98 valence electrons. The number of nitrogens with zero attached hydrogens (tertiary/aromatic N) is 4. The van der Waals surface area contributed by atoms with Gasteiger partial charge in [-0.1, -0.05) is 0 Å². The van der Waals surface area contributed by atoms with E-state index in [4.69, 9.17) is 0 Å². The highest BCUT2D eigenvalue weighted by Gasteiger charge is 2.07. The molecule has 2 N–H and O–H groups in total. The molecule has 4 aromatic heterocycles. The first-order valence-corrected chi connectivity index (χ1v) is 6.40. The summed E-state index contributed by atoms with van der Waals surface area (Å²) in [6, 6.07) is 7.84. The van der Waals surface area contributed by atoms with Crippen molar-refractivity contribution < 1.29 is 0 Å². The quantitative estimate of drug-likeness (QED) is 0.581. The molecule has 6 nitrogen and oxygen atoms in total. The molecule has 4 rings (SSSR count). The number of hydrogen-bond acceptors (Lipinski definition) is 4. The molecule has 0 aliphatic rings. The smallest absolute Gasteiger partial charge is 0.177 e. The van der Waals surface area contributed by atoms with Gasteiger partial charge < -0.3 is 9.97 Å². The fourth-order valence-corrected chi connectivity index (χ4v) is 2.30. The summed E-state index contributed by atoms with van der Waals surface area (Å²) in [5.41, 5.74) is 4.31. The topological polar surface area (TPSA) is 83.1 Å². The minimum atomic E-state index is 0.637. The summed E-state index contributed by atoms with van der Waals surface area (Å²) >= 11 is 0. The molecule has 0 saturated carbocycles. The average Bonchev–Trinajstić information content (AvgIpc) is 2.99. The van der Waals surface area contributed by atoms with Gasteiger partial charge >= 0.3 is 0 Å². The van der Waals surface area contributed by atoms with Crippen LogP contribution in [-0.2, 0) is 6.42 Å². The zero-order valence-corrected chi connectivity index (χ0v) is 10.9. The number of aromatic nitrogens is 6. The maximum absolute atomic E-state index is 4.54. The van der Waals surface area contributed by atoms with Crippen LogP contribution in [0, 0.1) is 6.92 Å². The highest BCUT2D eigenvalue weighted by molar-refractivity contribution is 5.71. The molecular formula is C14H12N6. The summed E-state index contributed by atoms with van der Waals surface area (Å²) in [6.07, 6.45) is 2.38. The largest absolute Gasteiger partial charge is 0.341 e. The molecule has 20 heavy (non-hydrogen) atoms. The third-order valence-electron chi connectivity index (χ3n) is 3.18. The Morgan fingerprint density at radius 2 is 1.85 bits per heavy atom. The van der Waals surface area contributed by atoms with Crippen molar-refractivity contribution in [1.82, 2.24) is 29.9 Å². The Balaban J connectivity index is 1.72. The van der Waals surface area contributed by atoms with Gasteiger partial charge in [0.1, 0.15) is 11.6 Å². The van der Waals surface area contributed by atoms with Crippen LogP contribution < -0.4 is 0 Å². The molecule has 4 aromatic rings. The molecule has 0 amide bonds. The van der Waals surface area contributed by atoms with E-state index in [9.17, 15) is 0 Å². The van der Waals surface area contributed by atoms with Gasteiger partial charge in [0, 0.05) is 12.6 Å². The van der Waals surface area contributed by atoms with E-state index in [2.05, 4.69) is 29.9 Å². The summed E-state index contributed by atoms with van der Waals surface area (Å²) in [6.45, 7) is 1.92. The van der Waals surface area contributed by atoms with Gasteiger partial charge in [-0.05, 0) is 31.2 Å². The number of aryl methyl sites for hydroxylation is 1. The lowest BCUT2D eigenvalue weighted by molar-refractivity contribution is 0.990. The van der Waals surface area contributed by atoms with Crippen LogP contribution in [0.15, 0.2) is 30.5 Å². The normalized spacial score (nSPS) is 11.4. The molecule has 0 radical (unpaired) electrons. The molecule has 0 bridgehead atoms. The number of H-pyrrole nitrogens is 2. The first-order valence-electron chi connectivity index (χ1n) is 6.40. The van der Waals surface area contributed by atoms with Crippen molar-refractivity contribution >= 4 is 22.3 Å². The number of hydrogen-bond donors (Lipinski definition) is 2. The van der Waals surface area contributed by atoms with E-state index in [-0.39, 0.29) is 0 Å². The summed E-state index contributed by atoms with van der Waals surface area (Å²) in [5, 5.41) is 0. The minimum Gasteiger partial charge on any atom is -0.341 e. The Kier molecular flexibility index (Phi) is 2.29. The lowest BCUT2D eigenvalue weighted by Crippen LogP contribution is -1.94. The van der Waals surface area contributed by atoms with E-state index < -0.39 is 0 Å². The van der Waals surface area contributed by atoms with Gasteiger partial charge in [0.15, 0.2) is 11.3 Å². The number of aromatic amines is 2. The van der Waals surface area contributed by atoms with Gasteiger partial charge in [0.2, 0.25) is 0 Å². The number of rotatable bonds is 2. The summed E-state index contributed by atoms with van der Waals surface area (Å²) in [4.78, 5) is 24.0. The monoisotopic (exact) mass is 264 g/mol. The second kappa shape index (κ2) is 4.12. The minimum absolute atomic E-state index is 0.637. The van der Waals surface area contributed by atoms with Crippen molar-refractivity contribution in [3.63, 3.8) is 0 Å². The molecule has 0 saturated heterocycles. The second-order valence-corrected chi connectivity index (χ2v) is 4.73. The summed E-state index contributed by atoms with van der Waals surface area (Å²) in [7, 11) is 0. The van der Waals surface area contributed by atoms with Gasteiger partial charge in [0.05, 0.1) is 16.7 Å². The van der Waals surface area contributed by atoms with Crippen molar-refractivity contribution in [2.24, 2.45) is 0 Å². The van der Waals surface area contributed by atoms with Crippen LogP contribution in [0.4, 0.5) is 0 Å². The van der Waals surface area contributed by atoms with Crippen LogP contribution in [-0.4, -0.2) is 29.9 Å². The van der Waals surface area contributed by atoms with E-state index in [1.807, 2.05) is 31.2 Å². The van der Waals surface area contributed by atoms with Crippen LogP contribution in [0.5, 0.6) is 0 Å². The van der Waals surface area contributed by atoms with E-state index >= 15 is 0 Å². The van der Waals surface area contributed by atoms with Crippen LogP contribution in [0.1, 0.15) is 17.3 Å². The van der Waals surface area contributed by atoms with Crippen LogP contribution in [0.25, 0.3) is 22.3 Å². The average molecular weight is 264 g/mol. The zero-order valence-electron chi connectivity index (χ0n) is 10.9. The van der Waals surface area contributed by atoms with Crippen molar-refractivity contribution in [3.05, 3.63) is 47.8 Å². The molecule has 0 unspecified atom stereocenters. The first kappa shape index (κ1) is 11.1. The predicted molar refractivity (Wildman–Crippen MR) is 75.3 cm³/mol. The van der Waals surface area contributed by atoms with Crippen molar-refractivity contribution in [2.45, 2.75) is 13.3 Å². The van der Waals surface area contributed by atoms with Crippen LogP contribution >= 0.6 is 0 Å². The highest BCUT2D eigenvalue weighted by Crippen LogP contribution is 2.13. The Morgan fingerprint density at radius 1 is 0.950 bits per heavy atom. The number of pyridine rings is 2. The summed E-state index contributed by atoms with van der Waals surface area (Å²) < 4.78 is 0. The second-order valence-electron chi connectivity index (χ2n) is 4.73. The van der Waals surface area contributed by atoms with Gasteiger partial charge in [-0.2, -0.15) is 0 Å². The van der Waals surface area contributed by atoms with Gasteiger partial charge in [-0.25, -0.2) is 19.9 Å². The van der Waals surface area contributed by atoms with Crippen molar-refractivity contribution in [3.8, 4) is 0 Å². The van der Waals surface area contributed by atoms with Crippen LogP contribution in [0.3, 0.4) is 0 Å². The predicted octanol–water partition coefficient (Wildman–Crippen LogP) is 2.13. The van der Waals surface area contributed by atoms with E-state index in [0.29, 0.717) is 6.42 Å². The molecule has 6 heteroatoms. The van der Waals surface area contributed by atoms with Gasteiger partial charge in [-0.15, -0.1) is 0 Å². The third kappa shape index (κ3) is 1.82. The van der Waals surface area contributed by atoms with E-state index in [1.165, 1.54) is 0 Å². The Morgan fingerprint density at radius 3 is 2.75 bits per heavy atom. The number of fused-ring (bicyclic) bond motifs is 2. The maximum atomic E-state index is 4.54. The van der Waals surface area contributed by atoms with Gasteiger partial charge in [0.25, 0.3) is 0 Å². The molecule has 0 fully saturated rings. The van der Waals surface area contributed by atoms with E-state index in [1.54, 1.807) is 6.20 Å². The maximum Gasteiger partial charge on any atom is 0.177 e. The highest BCUT2D eigenvalue weighted by atomic mass is 15.0. The Labute approximate surface area is 114 Å². The van der Waals surface area contributed by atoms with Crippen molar-refractivity contribution in [2.75, 3.05) is 0 Å².